The Hall–Kier alpha value is -3.51. The maximum atomic E-state index is 13.8. The van der Waals surface area contributed by atoms with Crippen LogP contribution in [0, 0.1) is 5.82 Å². The van der Waals surface area contributed by atoms with E-state index in [1.807, 2.05) is 30.3 Å². The first-order chi connectivity index (χ1) is 14.5. The lowest BCUT2D eigenvalue weighted by Crippen LogP contribution is -2.31. The van der Waals surface area contributed by atoms with E-state index in [0.717, 1.165) is 5.56 Å². The zero-order valence-electron chi connectivity index (χ0n) is 16.8. The third-order valence-electron chi connectivity index (χ3n) is 4.55. The number of nitrogens with zero attached hydrogens (tertiary/aromatic N) is 1. The average molecular weight is 405 g/mol. The number of para-hydroxylation sites is 1. The molecule has 0 bridgehead atoms. The highest BCUT2D eigenvalue weighted by molar-refractivity contribution is 6.04. The highest BCUT2D eigenvalue weighted by atomic mass is 19.1. The van der Waals surface area contributed by atoms with Crippen molar-refractivity contribution < 1.29 is 14.0 Å². The van der Waals surface area contributed by atoms with Crippen LogP contribution in [0.2, 0.25) is 0 Å². The Bertz CT molecular complexity index is 1010. The summed E-state index contributed by atoms with van der Waals surface area (Å²) >= 11 is 0. The second-order valence-electron chi connectivity index (χ2n) is 7.03. The van der Waals surface area contributed by atoms with Gasteiger partial charge in [0.25, 0.3) is 5.91 Å². The zero-order valence-corrected chi connectivity index (χ0v) is 16.8. The van der Waals surface area contributed by atoms with E-state index in [9.17, 15) is 14.0 Å². The normalized spacial score (nSPS) is 10.6. The first kappa shape index (κ1) is 21.2. The van der Waals surface area contributed by atoms with Gasteiger partial charge in [-0.15, -0.1) is 0 Å². The summed E-state index contributed by atoms with van der Waals surface area (Å²) in [5.74, 6) is -0.850. The van der Waals surface area contributed by atoms with Crippen molar-refractivity contribution >= 4 is 17.5 Å². The zero-order chi connectivity index (χ0) is 21.3. The number of carbonyl (C=O) groups excluding carboxylic acids is 2. The Labute approximate surface area is 175 Å². The lowest BCUT2D eigenvalue weighted by Gasteiger charge is -2.17. The van der Waals surface area contributed by atoms with Gasteiger partial charge in [-0.1, -0.05) is 60.7 Å². The number of likely N-dealkylation sites (N-methyl/N-ethyl adjacent to an activating group) is 1. The van der Waals surface area contributed by atoms with Crippen molar-refractivity contribution in [2.45, 2.75) is 13.1 Å². The van der Waals surface area contributed by atoms with Crippen LogP contribution < -0.4 is 10.6 Å². The first-order valence-electron chi connectivity index (χ1n) is 9.66. The van der Waals surface area contributed by atoms with Gasteiger partial charge in [0, 0.05) is 18.7 Å². The topological polar surface area (TPSA) is 61.4 Å². The van der Waals surface area contributed by atoms with Gasteiger partial charge in [-0.05, 0) is 30.8 Å². The van der Waals surface area contributed by atoms with Crippen LogP contribution in [0.1, 0.15) is 21.5 Å². The molecule has 0 saturated carbocycles. The summed E-state index contributed by atoms with van der Waals surface area (Å²) in [7, 11) is 1.74. The van der Waals surface area contributed by atoms with Crippen molar-refractivity contribution in [3.05, 3.63) is 101 Å². The van der Waals surface area contributed by atoms with Gasteiger partial charge in [0.1, 0.15) is 5.82 Å². The highest BCUT2D eigenvalue weighted by Gasteiger charge is 2.15. The Morgan fingerprint density at radius 2 is 1.57 bits per heavy atom. The number of benzene rings is 3. The molecule has 0 spiro atoms. The SMILES string of the molecule is CN(CC(=O)Nc1ccccc1C(=O)NCc1ccccc1)Cc1ccccc1F. The van der Waals surface area contributed by atoms with E-state index >= 15 is 0 Å². The maximum absolute atomic E-state index is 13.8. The van der Waals surface area contributed by atoms with Gasteiger partial charge >= 0.3 is 0 Å². The molecule has 0 unspecified atom stereocenters. The van der Waals surface area contributed by atoms with Crippen molar-refractivity contribution in [3.8, 4) is 0 Å². The van der Waals surface area contributed by atoms with E-state index in [0.29, 0.717) is 29.9 Å². The van der Waals surface area contributed by atoms with Crippen LogP contribution in [0.25, 0.3) is 0 Å². The average Bonchev–Trinajstić information content (AvgIpc) is 2.74. The molecule has 154 valence electrons. The van der Waals surface area contributed by atoms with Crippen LogP contribution in [0.5, 0.6) is 0 Å². The fraction of sp³-hybridized carbons (Fsp3) is 0.167. The summed E-state index contributed by atoms with van der Waals surface area (Å²) in [5.41, 5.74) is 2.33. The Kier molecular flexibility index (Phi) is 7.29. The van der Waals surface area contributed by atoms with Crippen molar-refractivity contribution in [2.75, 3.05) is 18.9 Å². The fourth-order valence-electron chi connectivity index (χ4n) is 3.07. The molecular formula is C24H24FN3O2. The summed E-state index contributed by atoms with van der Waals surface area (Å²) in [6.45, 7) is 0.765. The fourth-order valence-corrected chi connectivity index (χ4v) is 3.07. The highest BCUT2D eigenvalue weighted by Crippen LogP contribution is 2.16. The number of carbonyl (C=O) groups is 2. The molecule has 0 atom stereocenters. The van der Waals surface area contributed by atoms with Crippen molar-refractivity contribution in [1.29, 1.82) is 0 Å². The van der Waals surface area contributed by atoms with Crippen LogP contribution in [0.4, 0.5) is 10.1 Å². The Morgan fingerprint density at radius 3 is 2.33 bits per heavy atom. The summed E-state index contributed by atoms with van der Waals surface area (Å²) in [4.78, 5) is 26.8. The summed E-state index contributed by atoms with van der Waals surface area (Å²) in [6, 6.07) is 22.9. The second-order valence-corrected chi connectivity index (χ2v) is 7.03. The maximum Gasteiger partial charge on any atom is 0.253 e. The predicted octanol–water partition coefficient (Wildman–Crippen LogP) is 3.83. The lowest BCUT2D eigenvalue weighted by atomic mass is 10.1. The molecule has 0 heterocycles. The Balaban J connectivity index is 1.59. The molecule has 2 N–H and O–H groups in total. The molecule has 2 amide bonds. The molecule has 5 nitrogen and oxygen atoms in total. The molecule has 30 heavy (non-hydrogen) atoms. The van der Waals surface area contributed by atoms with Crippen molar-refractivity contribution in [2.24, 2.45) is 0 Å². The van der Waals surface area contributed by atoms with Gasteiger partial charge in [0.2, 0.25) is 5.91 Å². The smallest absolute Gasteiger partial charge is 0.253 e. The predicted molar refractivity (Wildman–Crippen MR) is 115 cm³/mol. The number of rotatable bonds is 8. The minimum atomic E-state index is -0.301. The standard InChI is InChI=1S/C24H24FN3O2/c1-28(16-19-11-5-7-13-21(19)25)17-23(29)27-22-14-8-6-12-20(22)24(30)26-15-18-9-3-2-4-10-18/h2-14H,15-17H2,1H3,(H,26,30)(H,27,29). The van der Waals surface area contributed by atoms with Crippen molar-refractivity contribution in [3.63, 3.8) is 0 Å². The van der Waals surface area contributed by atoms with E-state index in [1.54, 1.807) is 54.4 Å². The van der Waals surface area contributed by atoms with Gasteiger partial charge < -0.3 is 10.6 Å². The molecule has 3 aromatic carbocycles. The van der Waals surface area contributed by atoms with E-state index in [-0.39, 0.29) is 24.2 Å². The van der Waals surface area contributed by atoms with Crippen LogP contribution in [-0.4, -0.2) is 30.3 Å². The van der Waals surface area contributed by atoms with Crippen LogP contribution in [0.3, 0.4) is 0 Å². The summed E-state index contributed by atoms with van der Waals surface area (Å²) < 4.78 is 13.8. The third-order valence-corrected chi connectivity index (χ3v) is 4.55. The van der Waals surface area contributed by atoms with Gasteiger partial charge in [-0.25, -0.2) is 4.39 Å². The quantitative estimate of drug-likeness (QED) is 0.599. The van der Waals surface area contributed by atoms with E-state index in [1.165, 1.54) is 6.07 Å². The monoisotopic (exact) mass is 405 g/mol. The third kappa shape index (κ3) is 5.99. The second kappa shape index (κ2) is 10.3. The molecule has 0 radical (unpaired) electrons. The molecule has 3 aromatic rings. The number of anilines is 1. The number of nitrogens with one attached hydrogen (secondary N) is 2. The summed E-state index contributed by atoms with van der Waals surface area (Å²) in [5, 5.41) is 5.65. The molecule has 3 rings (SSSR count). The molecule has 0 aliphatic rings. The minimum Gasteiger partial charge on any atom is -0.348 e. The molecule has 6 heteroatoms. The van der Waals surface area contributed by atoms with E-state index in [4.69, 9.17) is 0 Å². The largest absolute Gasteiger partial charge is 0.348 e. The van der Waals surface area contributed by atoms with E-state index in [2.05, 4.69) is 10.6 Å². The van der Waals surface area contributed by atoms with Gasteiger partial charge in [-0.3, -0.25) is 14.5 Å². The number of hydrogen-bond acceptors (Lipinski definition) is 3. The van der Waals surface area contributed by atoms with Gasteiger partial charge in [-0.2, -0.15) is 0 Å². The molecular weight excluding hydrogens is 381 g/mol. The van der Waals surface area contributed by atoms with Crippen LogP contribution in [-0.2, 0) is 17.9 Å². The molecule has 0 aromatic heterocycles. The van der Waals surface area contributed by atoms with Gasteiger partial charge in [0.15, 0.2) is 0 Å². The minimum absolute atomic E-state index is 0.0638. The molecule has 0 aliphatic carbocycles. The van der Waals surface area contributed by atoms with Crippen LogP contribution >= 0.6 is 0 Å². The first-order valence-corrected chi connectivity index (χ1v) is 9.66. The number of halogens is 1. The molecule has 0 aliphatic heterocycles. The van der Waals surface area contributed by atoms with E-state index < -0.39 is 0 Å². The van der Waals surface area contributed by atoms with Crippen LogP contribution in [0.15, 0.2) is 78.9 Å². The Morgan fingerprint density at radius 1 is 0.900 bits per heavy atom. The van der Waals surface area contributed by atoms with Gasteiger partial charge in [0.05, 0.1) is 17.8 Å². The lowest BCUT2D eigenvalue weighted by molar-refractivity contribution is -0.117. The van der Waals surface area contributed by atoms with Crippen molar-refractivity contribution in [1.82, 2.24) is 10.2 Å². The number of hydrogen-bond donors (Lipinski definition) is 2. The molecule has 0 fully saturated rings. The number of amides is 2. The summed E-state index contributed by atoms with van der Waals surface area (Å²) in [6.07, 6.45) is 0. The molecule has 0 saturated heterocycles.